The lowest BCUT2D eigenvalue weighted by Crippen LogP contribution is -2.14. The highest BCUT2D eigenvalue weighted by Gasteiger charge is 2.14. The third kappa shape index (κ3) is 5.21. The fraction of sp³-hybridized carbons (Fsp3) is 0.278. The van der Waals surface area contributed by atoms with Crippen LogP contribution >= 0.6 is 0 Å². The topological polar surface area (TPSA) is 63.2 Å². The van der Waals surface area contributed by atoms with Gasteiger partial charge in [0.25, 0.3) is 0 Å². The zero-order valence-electron chi connectivity index (χ0n) is 13.4. The highest BCUT2D eigenvalue weighted by atomic mass is 32.2. The van der Waals surface area contributed by atoms with Crippen LogP contribution in [0.5, 0.6) is 0 Å². The Balaban J connectivity index is 1.87. The summed E-state index contributed by atoms with van der Waals surface area (Å²) >= 11 is 0. The molecule has 23 heavy (non-hydrogen) atoms. The Hall–Kier alpha value is -2.14. The van der Waals surface area contributed by atoms with Crippen LogP contribution in [-0.2, 0) is 14.6 Å². The summed E-state index contributed by atoms with van der Waals surface area (Å²) < 4.78 is 24.3. The average Bonchev–Trinajstić information content (AvgIpc) is 2.46. The van der Waals surface area contributed by atoms with Gasteiger partial charge in [-0.05, 0) is 55.7 Å². The Morgan fingerprint density at radius 2 is 1.61 bits per heavy atom. The van der Waals surface area contributed by atoms with Gasteiger partial charge >= 0.3 is 0 Å². The second kappa shape index (κ2) is 7.42. The molecule has 0 aromatic heterocycles. The fourth-order valence-corrected chi connectivity index (χ4v) is 3.77. The van der Waals surface area contributed by atoms with Crippen molar-refractivity contribution in [1.82, 2.24) is 0 Å². The van der Waals surface area contributed by atoms with Gasteiger partial charge < -0.3 is 5.32 Å². The van der Waals surface area contributed by atoms with E-state index in [9.17, 15) is 13.2 Å². The first kappa shape index (κ1) is 17.2. The minimum absolute atomic E-state index is 0.0305. The van der Waals surface area contributed by atoms with Gasteiger partial charge in [0.15, 0.2) is 9.84 Å². The molecule has 122 valence electrons. The number of anilines is 1. The van der Waals surface area contributed by atoms with Crippen LogP contribution in [0.3, 0.4) is 0 Å². The van der Waals surface area contributed by atoms with Crippen LogP contribution < -0.4 is 5.32 Å². The second-order valence-electron chi connectivity index (χ2n) is 5.66. The van der Waals surface area contributed by atoms with Gasteiger partial charge in [0, 0.05) is 12.1 Å². The second-order valence-corrected chi connectivity index (χ2v) is 7.77. The Bertz CT molecular complexity index is 763. The van der Waals surface area contributed by atoms with Crippen LogP contribution in [0.1, 0.15) is 24.0 Å². The highest BCUT2D eigenvalue weighted by Crippen LogP contribution is 2.15. The summed E-state index contributed by atoms with van der Waals surface area (Å²) in [5, 5.41) is 2.82. The van der Waals surface area contributed by atoms with Gasteiger partial charge in [0.05, 0.1) is 10.6 Å². The molecule has 2 aromatic carbocycles. The summed E-state index contributed by atoms with van der Waals surface area (Å²) in [5.41, 5.74) is 2.90. The SMILES string of the molecule is Cc1cc(C)cc(NC(=O)CCCS(=O)(=O)c2ccccc2)c1. The molecular formula is C18H21NO3S. The van der Waals surface area contributed by atoms with Crippen LogP contribution in [0.4, 0.5) is 5.69 Å². The predicted molar refractivity (Wildman–Crippen MR) is 92.3 cm³/mol. The molecule has 0 heterocycles. The Morgan fingerprint density at radius 1 is 1.00 bits per heavy atom. The van der Waals surface area contributed by atoms with Crippen molar-refractivity contribution in [1.29, 1.82) is 0 Å². The van der Waals surface area contributed by atoms with Crippen molar-refractivity contribution in [2.75, 3.05) is 11.1 Å². The summed E-state index contributed by atoms with van der Waals surface area (Å²) in [5.74, 6) is -0.199. The maximum atomic E-state index is 12.1. The number of carbonyl (C=O) groups is 1. The summed E-state index contributed by atoms with van der Waals surface area (Å²) in [4.78, 5) is 12.3. The molecule has 0 aliphatic rings. The van der Waals surface area contributed by atoms with Crippen LogP contribution in [0, 0.1) is 13.8 Å². The van der Waals surface area contributed by atoms with Gasteiger partial charge in [0.2, 0.25) is 5.91 Å². The van der Waals surface area contributed by atoms with Gasteiger partial charge in [0.1, 0.15) is 0 Å². The first-order chi connectivity index (χ1) is 10.9. The number of rotatable bonds is 6. The Morgan fingerprint density at radius 3 is 2.22 bits per heavy atom. The van der Waals surface area contributed by atoms with Crippen molar-refractivity contribution in [3.63, 3.8) is 0 Å². The molecule has 0 saturated heterocycles. The van der Waals surface area contributed by atoms with Gasteiger partial charge in [-0.2, -0.15) is 0 Å². The largest absolute Gasteiger partial charge is 0.326 e. The van der Waals surface area contributed by atoms with Crippen molar-refractivity contribution in [3.8, 4) is 0 Å². The smallest absolute Gasteiger partial charge is 0.224 e. The van der Waals surface area contributed by atoms with E-state index in [2.05, 4.69) is 5.32 Å². The lowest BCUT2D eigenvalue weighted by molar-refractivity contribution is -0.116. The number of aryl methyl sites for hydroxylation is 2. The minimum atomic E-state index is -3.32. The van der Waals surface area contributed by atoms with E-state index in [1.807, 2.05) is 32.0 Å². The number of hydrogen-bond donors (Lipinski definition) is 1. The van der Waals surface area contributed by atoms with E-state index in [0.29, 0.717) is 11.3 Å². The molecule has 0 bridgehead atoms. The third-order valence-electron chi connectivity index (χ3n) is 3.42. The predicted octanol–water partition coefficient (Wildman–Crippen LogP) is 3.50. The molecule has 0 spiro atoms. The Kier molecular flexibility index (Phi) is 5.55. The molecule has 0 atom stereocenters. The minimum Gasteiger partial charge on any atom is -0.326 e. The van der Waals surface area contributed by atoms with Crippen LogP contribution in [-0.4, -0.2) is 20.1 Å². The maximum absolute atomic E-state index is 12.1. The van der Waals surface area contributed by atoms with Crippen LogP contribution in [0.25, 0.3) is 0 Å². The van der Waals surface area contributed by atoms with E-state index in [1.54, 1.807) is 30.3 Å². The summed E-state index contributed by atoms with van der Waals surface area (Å²) in [6, 6.07) is 14.1. The van der Waals surface area contributed by atoms with Crippen molar-refractivity contribution < 1.29 is 13.2 Å². The maximum Gasteiger partial charge on any atom is 0.224 e. The zero-order chi connectivity index (χ0) is 16.9. The Labute approximate surface area is 137 Å². The lowest BCUT2D eigenvalue weighted by Gasteiger charge is -2.08. The van der Waals surface area contributed by atoms with Crippen LogP contribution in [0.15, 0.2) is 53.4 Å². The molecule has 2 aromatic rings. The van der Waals surface area contributed by atoms with Crippen LogP contribution in [0.2, 0.25) is 0 Å². The number of hydrogen-bond acceptors (Lipinski definition) is 3. The molecule has 1 N–H and O–H groups in total. The molecule has 0 unspecified atom stereocenters. The molecule has 2 rings (SSSR count). The van der Waals surface area contributed by atoms with E-state index < -0.39 is 9.84 Å². The molecule has 0 radical (unpaired) electrons. The van der Waals surface area contributed by atoms with E-state index >= 15 is 0 Å². The van der Waals surface area contributed by atoms with Gasteiger partial charge in [-0.15, -0.1) is 0 Å². The van der Waals surface area contributed by atoms with Crippen molar-refractivity contribution in [2.24, 2.45) is 0 Å². The quantitative estimate of drug-likeness (QED) is 0.881. The van der Waals surface area contributed by atoms with E-state index in [0.717, 1.165) is 16.8 Å². The number of amides is 1. The summed E-state index contributed by atoms with van der Waals surface area (Å²) in [6.45, 7) is 3.93. The summed E-state index contributed by atoms with van der Waals surface area (Å²) in [7, 11) is -3.32. The highest BCUT2D eigenvalue weighted by molar-refractivity contribution is 7.91. The molecule has 0 saturated carbocycles. The zero-order valence-corrected chi connectivity index (χ0v) is 14.2. The number of carbonyl (C=O) groups excluding carboxylic acids is 1. The number of nitrogens with one attached hydrogen (secondary N) is 1. The molecule has 0 fully saturated rings. The van der Waals surface area contributed by atoms with E-state index in [1.165, 1.54) is 0 Å². The van der Waals surface area contributed by atoms with Crippen molar-refractivity contribution in [2.45, 2.75) is 31.6 Å². The molecular weight excluding hydrogens is 310 g/mol. The molecule has 1 amide bonds. The van der Waals surface area contributed by atoms with Gasteiger partial charge in [-0.1, -0.05) is 24.3 Å². The fourth-order valence-electron chi connectivity index (χ4n) is 2.44. The molecule has 0 aliphatic carbocycles. The van der Waals surface area contributed by atoms with E-state index in [-0.39, 0.29) is 18.1 Å². The normalized spacial score (nSPS) is 11.2. The lowest BCUT2D eigenvalue weighted by atomic mass is 10.1. The van der Waals surface area contributed by atoms with Crippen molar-refractivity contribution in [3.05, 3.63) is 59.7 Å². The molecule has 0 aliphatic heterocycles. The first-order valence-electron chi connectivity index (χ1n) is 7.53. The average molecular weight is 331 g/mol. The van der Waals surface area contributed by atoms with E-state index in [4.69, 9.17) is 0 Å². The number of sulfone groups is 1. The first-order valence-corrected chi connectivity index (χ1v) is 9.18. The standard InChI is InChI=1S/C18H21NO3S/c1-14-11-15(2)13-16(12-14)19-18(20)9-6-10-23(21,22)17-7-4-3-5-8-17/h3-5,7-8,11-13H,6,9-10H2,1-2H3,(H,19,20). The molecule has 4 nitrogen and oxygen atoms in total. The third-order valence-corrected chi connectivity index (χ3v) is 5.24. The van der Waals surface area contributed by atoms with Gasteiger partial charge in [-0.3, -0.25) is 4.79 Å². The molecule has 5 heteroatoms. The monoisotopic (exact) mass is 331 g/mol. The summed E-state index contributed by atoms with van der Waals surface area (Å²) in [6.07, 6.45) is 0.479. The van der Waals surface area contributed by atoms with Crippen molar-refractivity contribution >= 4 is 21.4 Å². The number of benzene rings is 2. The van der Waals surface area contributed by atoms with Gasteiger partial charge in [-0.25, -0.2) is 8.42 Å².